The molecule has 2 aromatic carbocycles. The monoisotopic (exact) mass is 506 g/mol. The summed E-state index contributed by atoms with van der Waals surface area (Å²) in [6.45, 7) is 1.95. The molecule has 3 aromatic rings. The number of aryl methyl sites for hydroxylation is 1. The van der Waals surface area contributed by atoms with Gasteiger partial charge < -0.3 is 15.7 Å². The fourth-order valence-electron chi connectivity index (χ4n) is 4.37. The average molecular weight is 507 g/mol. The lowest BCUT2D eigenvalue weighted by Gasteiger charge is -2.32. The van der Waals surface area contributed by atoms with Gasteiger partial charge >= 0.3 is 0 Å². The first-order valence-corrected chi connectivity index (χ1v) is 13.0. The van der Waals surface area contributed by atoms with E-state index in [9.17, 15) is 19.5 Å². The molecule has 8 nitrogen and oxygen atoms in total. The number of carbonyl (C=O) groups excluding carboxylic acids is 3. The molecule has 9 heteroatoms. The fourth-order valence-corrected chi connectivity index (χ4v) is 4.92. The van der Waals surface area contributed by atoms with Crippen molar-refractivity contribution in [3.63, 3.8) is 0 Å². The molecule has 0 saturated heterocycles. The standard InChI is InChI=1S/C27H30N4O4S/c1-18-6-10-21(11-7-18)31(24(34)15-14-23(33)30-27-28-16-17-36-27)25(19-8-12-22(32)13-9-19)26(35)29-20-4-2-3-5-20/h6-13,16-17,20,25,32H,2-5,14-15H2,1H3,(H,29,35)(H,28,30,33)/t25-/m1/s1. The number of hydrogen-bond donors (Lipinski definition) is 3. The average Bonchev–Trinajstić information content (AvgIpc) is 3.57. The van der Waals surface area contributed by atoms with Crippen LogP contribution in [-0.2, 0) is 14.4 Å². The summed E-state index contributed by atoms with van der Waals surface area (Å²) in [5.74, 6) is -0.888. The van der Waals surface area contributed by atoms with Crippen LogP contribution in [0.2, 0.25) is 0 Å². The smallest absolute Gasteiger partial charge is 0.248 e. The van der Waals surface area contributed by atoms with Crippen molar-refractivity contribution in [3.8, 4) is 5.75 Å². The highest BCUT2D eigenvalue weighted by atomic mass is 32.1. The Hall–Kier alpha value is -3.72. The van der Waals surface area contributed by atoms with Crippen LogP contribution in [0.5, 0.6) is 5.75 Å². The molecule has 0 unspecified atom stereocenters. The molecule has 0 bridgehead atoms. The summed E-state index contributed by atoms with van der Waals surface area (Å²) in [6, 6.07) is 12.8. The number of nitrogens with one attached hydrogen (secondary N) is 2. The number of phenols is 1. The van der Waals surface area contributed by atoms with Crippen LogP contribution in [0, 0.1) is 6.92 Å². The number of carbonyl (C=O) groups is 3. The summed E-state index contributed by atoms with van der Waals surface area (Å²) >= 11 is 1.30. The number of aromatic nitrogens is 1. The van der Waals surface area contributed by atoms with Gasteiger partial charge in [0.05, 0.1) is 0 Å². The normalized spacial score (nSPS) is 14.2. The second kappa shape index (κ2) is 11.8. The molecule has 1 saturated carbocycles. The van der Waals surface area contributed by atoms with E-state index < -0.39 is 6.04 Å². The van der Waals surface area contributed by atoms with Gasteiger partial charge in [0, 0.05) is 36.1 Å². The van der Waals surface area contributed by atoms with Crippen molar-refractivity contribution in [2.45, 2.75) is 57.5 Å². The maximum atomic E-state index is 13.7. The fraction of sp³-hybridized carbons (Fsp3) is 0.333. The van der Waals surface area contributed by atoms with E-state index in [1.807, 2.05) is 19.1 Å². The van der Waals surface area contributed by atoms with Crippen LogP contribution >= 0.6 is 11.3 Å². The Morgan fingerprint density at radius 1 is 1.06 bits per heavy atom. The van der Waals surface area contributed by atoms with Gasteiger partial charge in [0.15, 0.2) is 5.13 Å². The predicted molar refractivity (Wildman–Crippen MR) is 140 cm³/mol. The first kappa shape index (κ1) is 25.4. The Bertz CT molecular complexity index is 1170. The summed E-state index contributed by atoms with van der Waals surface area (Å²) in [4.78, 5) is 45.3. The topological polar surface area (TPSA) is 112 Å². The maximum absolute atomic E-state index is 13.7. The number of benzene rings is 2. The van der Waals surface area contributed by atoms with Gasteiger partial charge in [0.25, 0.3) is 0 Å². The molecule has 1 aromatic heterocycles. The Morgan fingerprint density at radius 2 is 1.75 bits per heavy atom. The lowest BCUT2D eigenvalue weighted by atomic mass is 10.0. The van der Waals surface area contributed by atoms with Crippen molar-refractivity contribution in [1.29, 1.82) is 0 Å². The summed E-state index contributed by atoms with van der Waals surface area (Å²) in [5.41, 5.74) is 2.15. The molecule has 0 spiro atoms. The second-order valence-corrected chi connectivity index (χ2v) is 9.86. The molecule has 4 rings (SSSR count). The van der Waals surface area contributed by atoms with Gasteiger partial charge in [-0.1, -0.05) is 42.7 Å². The van der Waals surface area contributed by atoms with Gasteiger partial charge in [0.1, 0.15) is 11.8 Å². The minimum absolute atomic E-state index is 0.0483. The van der Waals surface area contributed by atoms with E-state index >= 15 is 0 Å². The van der Waals surface area contributed by atoms with Crippen LogP contribution in [0.25, 0.3) is 0 Å². The van der Waals surface area contributed by atoms with Gasteiger partial charge in [-0.3, -0.25) is 19.3 Å². The van der Waals surface area contributed by atoms with E-state index in [1.54, 1.807) is 35.8 Å². The van der Waals surface area contributed by atoms with Crippen LogP contribution < -0.4 is 15.5 Å². The van der Waals surface area contributed by atoms with E-state index in [0.29, 0.717) is 16.4 Å². The molecule has 188 valence electrons. The number of nitrogens with zero attached hydrogens (tertiary/aromatic N) is 2. The number of anilines is 2. The Balaban J connectivity index is 1.63. The number of rotatable bonds is 9. The molecule has 1 atom stereocenters. The highest BCUT2D eigenvalue weighted by Gasteiger charge is 2.34. The lowest BCUT2D eigenvalue weighted by Crippen LogP contribution is -2.46. The maximum Gasteiger partial charge on any atom is 0.248 e. The third kappa shape index (κ3) is 6.48. The van der Waals surface area contributed by atoms with E-state index in [1.165, 1.54) is 28.4 Å². The van der Waals surface area contributed by atoms with Gasteiger partial charge in [-0.2, -0.15) is 0 Å². The van der Waals surface area contributed by atoms with Crippen LogP contribution in [0.4, 0.5) is 10.8 Å². The van der Waals surface area contributed by atoms with Crippen molar-refractivity contribution >= 4 is 39.9 Å². The Labute approximate surface area is 214 Å². The van der Waals surface area contributed by atoms with Crippen LogP contribution in [0.1, 0.15) is 55.7 Å². The Kier molecular flexibility index (Phi) is 8.32. The molecule has 36 heavy (non-hydrogen) atoms. The summed E-state index contributed by atoms with van der Waals surface area (Å²) in [6.07, 6.45) is 5.39. The van der Waals surface area contributed by atoms with Crippen molar-refractivity contribution < 1.29 is 19.5 Å². The molecule has 1 aliphatic rings. The quantitative estimate of drug-likeness (QED) is 0.389. The minimum Gasteiger partial charge on any atom is -0.508 e. The van der Waals surface area contributed by atoms with Crippen molar-refractivity contribution in [3.05, 3.63) is 71.2 Å². The largest absolute Gasteiger partial charge is 0.508 e. The van der Waals surface area contributed by atoms with Gasteiger partial charge in [-0.05, 0) is 49.6 Å². The zero-order valence-electron chi connectivity index (χ0n) is 20.1. The van der Waals surface area contributed by atoms with Crippen molar-refractivity contribution in [1.82, 2.24) is 10.3 Å². The SMILES string of the molecule is Cc1ccc(N(C(=O)CCC(=O)Nc2nccs2)[C@@H](C(=O)NC2CCCC2)c2ccc(O)cc2)cc1. The lowest BCUT2D eigenvalue weighted by molar-refractivity contribution is -0.127. The third-order valence-corrected chi connectivity index (χ3v) is 6.93. The van der Waals surface area contributed by atoms with Gasteiger partial charge in [0.2, 0.25) is 17.7 Å². The zero-order valence-corrected chi connectivity index (χ0v) is 21.0. The molecule has 3 N–H and O–H groups in total. The minimum atomic E-state index is -0.955. The third-order valence-electron chi connectivity index (χ3n) is 6.24. The zero-order chi connectivity index (χ0) is 25.5. The number of hydrogen-bond acceptors (Lipinski definition) is 6. The molecule has 0 aliphatic heterocycles. The van der Waals surface area contributed by atoms with Crippen molar-refractivity contribution in [2.75, 3.05) is 10.2 Å². The molecule has 0 radical (unpaired) electrons. The van der Waals surface area contributed by atoms with Crippen LogP contribution in [0.3, 0.4) is 0 Å². The molecule has 3 amide bonds. The highest BCUT2D eigenvalue weighted by Crippen LogP contribution is 2.31. The molecule has 1 aliphatic carbocycles. The van der Waals surface area contributed by atoms with Crippen LogP contribution in [-0.4, -0.2) is 33.9 Å². The van der Waals surface area contributed by atoms with Gasteiger partial charge in [-0.25, -0.2) is 4.98 Å². The number of aromatic hydroxyl groups is 1. The molecular weight excluding hydrogens is 476 g/mol. The van der Waals surface area contributed by atoms with E-state index in [4.69, 9.17) is 0 Å². The Morgan fingerprint density at radius 3 is 2.39 bits per heavy atom. The summed E-state index contributed by atoms with van der Waals surface area (Å²) in [7, 11) is 0. The molecule has 1 fully saturated rings. The first-order valence-electron chi connectivity index (χ1n) is 12.1. The van der Waals surface area contributed by atoms with E-state index in [-0.39, 0.29) is 42.4 Å². The number of amides is 3. The number of thiazole rings is 1. The second-order valence-electron chi connectivity index (χ2n) is 8.97. The predicted octanol–water partition coefficient (Wildman–Crippen LogP) is 4.71. The summed E-state index contributed by atoms with van der Waals surface area (Å²) in [5, 5.41) is 17.9. The highest BCUT2D eigenvalue weighted by molar-refractivity contribution is 7.13. The van der Waals surface area contributed by atoms with Crippen molar-refractivity contribution in [2.24, 2.45) is 0 Å². The molecule has 1 heterocycles. The first-order chi connectivity index (χ1) is 17.4. The summed E-state index contributed by atoms with van der Waals surface area (Å²) < 4.78 is 0. The van der Waals surface area contributed by atoms with Crippen LogP contribution in [0.15, 0.2) is 60.1 Å². The van der Waals surface area contributed by atoms with Gasteiger partial charge in [-0.15, -0.1) is 11.3 Å². The number of phenolic OH excluding ortho intramolecular Hbond substituents is 1. The molecular formula is C27H30N4O4S. The van der Waals surface area contributed by atoms with E-state index in [0.717, 1.165) is 31.2 Å². The van der Waals surface area contributed by atoms with E-state index in [2.05, 4.69) is 15.6 Å².